The first-order valence-corrected chi connectivity index (χ1v) is 11.6. The van der Waals surface area contributed by atoms with Crippen LogP contribution in [0.1, 0.15) is 24.8 Å². The fourth-order valence-electron chi connectivity index (χ4n) is 3.31. The molecule has 4 rings (SSSR count). The SMILES string of the molecule is C=C(C(=O)NOC1CCCCO1)c1ccn(S(=O)(=O)c2ccc(-c3ccncc3)cc2)c1. The first-order chi connectivity index (χ1) is 15.4. The van der Waals surface area contributed by atoms with E-state index in [1.807, 2.05) is 12.1 Å². The van der Waals surface area contributed by atoms with Gasteiger partial charge in [0.05, 0.1) is 4.90 Å². The number of nitrogens with one attached hydrogen (secondary N) is 1. The highest BCUT2D eigenvalue weighted by Crippen LogP contribution is 2.23. The minimum atomic E-state index is -3.83. The number of pyridine rings is 1. The van der Waals surface area contributed by atoms with Crippen LogP contribution < -0.4 is 5.48 Å². The molecule has 1 atom stereocenters. The van der Waals surface area contributed by atoms with Crippen LogP contribution in [-0.4, -0.2) is 36.2 Å². The predicted octanol–water partition coefficient (Wildman–Crippen LogP) is 3.37. The van der Waals surface area contributed by atoms with Crippen molar-refractivity contribution in [2.75, 3.05) is 6.61 Å². The second kappa shape index (κ2) is 9.47. The molecule has 1 aromatic carbocycles. The number of rotatable bonds is 7. The molecular formula is C23H23N3O5S. The number of amides is 1. The van der Waals surface area contributed by atoms with Crippen LogP contribution >= 0.6 is 0 Å². The molecule has 3 aromatic rings. The summed E-state index contributed by atoms with van der Waals surface area (Å²) in [6.45, 7) is 4.34. The van der Waals surface area contributed by atoms with E-state index >= 15 is 0 Å². The van der Waals surface area contributed by atoms with Crippen LogP contribution in [-0.2, 0) is 24.4 Å². The van der Waals surface area contributed by atoms with Crippen molar-refractivity contribution in [1.82, 2.24) is 14.4 Å². The minimum Gasteiger partial charge on any atom is -0.350 e. The lowest BCUT2D eigenvalue weighted by Gasteiger charge is -2.22. The quantitative estimate of drug-likeness (QED) is 0.435. The van der Waals surface area contributed by atoms with Gasteiger partial charge in [-0.1, -0.05) is 18.7 Å². The molecule has 8 nitrogen and oxygen atoms in total. The Morgan fingerprint density at radius 2 is 1.81 bits per heavy atom. The van der Waals surface area contributed by atoms with E-state index < -0.39 is 22.2 Å². The molecular weight excluding hydrogens is 430 g/mol. The van der Waals surface area contributed by atoms with Crippen LogP contribution in [0.4, 0.5) is 0 Å². The van der Waals surface area contributed by atoms with Gasteiger partial charge in [-0.05, 0) is 54.3 Å². The number of ether oxygens (including phenoxy) is 1. The maximum absolute atomic E-state index is 13.0. The Labute approximate surface area is 186 Å². The van der Waals surface area contributed by atoms with Gasteiger partial charge in [-0.15, -0.1) is 0 Å². The van der Waals surface area contributed by atoms with Gasteiger partial charge >= 0.3 is 0 Å². The molecule has 166 valence electrons. The highest BCUT2D eigenvalue weighted by Gasteiger charge is 2.20. The molecule has 1 aliphatic heterocycles. The summed E-state index contributed by atoms with van der Waals surface area (Å²) in [6.07, 6.45) is 8.23. The molecule has 32 heavy (non-hydrogen) atoms. The van der Waals surface area contributed by atoms with Crippen molar-refractivity contribution >= 4 is 21.5 Å². The van der Waals surface area contributed by atoms with Gasteiger partial charge < -0.3 is 4.74 Å². The van der Waals surface area contributed by atoms with E-state index in [0.717, 1.165) is 27.9 Å². The molecule has 2 aromatic heterocycles. The summed E-state index contributed by atoms with van der Waals surface area (Å²) < 4.78 is 32.5. The van der Waals surface area contributed by atoms with E-state index in [1.54, 1.807) is 36.7 Å². The van der Waals surface area contributed by atoms with Crippen molar-refractivity contribution in [1.29, 1.82) is 0 Å². The van der Waals surface area contributed by atoms with Gasteiger partial charge in [0.1, 0.15) is 0 Å². The zero-order chi connectivity index (χ0) is 22.6. The van der Waals surface area contributed by atoms with Crippen LogP contribution in [0.15, 0.2) is 78.7 Å². The summed E-state index contributed by atoms with van der Waals surface area (Å²) in [4.78, 5) is 21.7. The molecule has 1 N–H and O–H groups in total. The largest absolute Gasteiger partial charge is 0.350 e. The maximum Gasteiger partial charge on any atom is 0.274 e. The van der Waals surface area contributed by atoms with Crippen LogP contribution in [0.25, 0.3) is 16.7 Å². The summed E-state index contributed by atoms with van der Waals surface area (Å²) in [5.41, 5.74) is 4.60. The Bertz CT molecular complexity index is 1200. The number of carbonyl (C=O) groups excluding carboxylic acids is 1. The topological polar surface area (TPSA) is 99.5 Å². The van der Waals surface area contributed by atoms with E-state index in [0.29, 0.717) is 18.6 Å². The summed E-state index contributed by atoms with van der Waals surface area (Å²) in [6, 6.07) is 11.8. The van der Waals surface area contributed by atoms with E-state index in [4.69, 9.17) is 9.57 Å². The fraction of sp³-hybridized carbons (Fsp3) is 0.217. The monoisotopic (exact) mass is 453 g/mol. The van der Waals surface area contributed by atoms with Crippen molar-refractivity contribution < 1.29 is 22.8 Å². The minimum absolute atomic E-state index is 0.0859. The number of nitrogens with zero attached hydrogens (tertiary/aromatic N) is 2. The Kier molecular flexibility index (Phi) is 6.50. The zero-order valence-electron chi connectivity index (χ0n) is 17.3. The molecule has 1 unspecified atom stereocenters. The lowest BCUT2D eigenvalue weighted by Crippen LogP contribution is -2.33. The molecule has 1 aliphatic rings. The second-order valence-electron chi connectivity index (χ2n) is 7.32. The van der Waals surface area contributed by atoms with E-state index in [9.17, 15) is 13.2 Å². The van der Waals surface area contributed by atoms with Gasteiger partial charge in [-0.3, -0.25) is 9.78 Å². The van der Waals surface area contributed by atoms with Crippen LogP contribution in [0, 0.1) is 0 Å². The summed E-state index contributed by atoms with van der Waals surface area (Å²) in [7, 11) is -3.83. The standard InChI is InChI=1S/C23H23N3O5S/c1-17(23(27)25-31-22-4-2-3-15-30-22)20-11-14-26(16-20)32(28,29)21-7-5-18(6-8-21)19-9-12-24-13-10-19/h5-14,16,22H,1-4,15H2,(H,25,27). The molecule has 1 saturated heterocycles. The van der Waals surface area contributed by atoms with Gasteiger partial charge in [0.2, 0.25) is 0 Å². The lowest BCUT2D eigenvalue weighted by atomic mass is 10.1. The van der Waals surface area contributed by atoms with Crippen LogP contribution in [0.5, 0.6) is 0 Å². The third kappa shape index (κ3) is 4.80. The number of aromatic nitrogens is 2. The number of hydroxylamine groups is 1. The molecule has 0 bridgehead atoms. The predicted molar refractivity (Wildman–Crippen MR) is 119 cm³/mol. The van der Waals surface area contributed by atoms with Crippen molar-refractivity contribution in [3.63, 3.8) is 0 Å². The Hall–Kier alpha value is -3.27. The van der Waals surface area contributed by atoms with E-state index in [2.05, 4.69) is 17.0 Å². The molecule has 1 fully saturated rings. The third-order valence-electron chi connectivity index (χ3n) is 5.15. The third-order valence-corrected chi connectivity index (χ3v) is 6.80. The molecule has 0 aliphatic carbocycles. The Morgan fingerprint density at radius 1 is 1.09 bits per heavy atom. The maximum atomic E-state index is 13.0. The molecule has 1 amide bonds. The van der Waals surface area contributed by atoms with Gasteiger partial charge in [0.25, 0.3) is 15.9 Å². The fourth-order valence-corrected chi connectivity index (χ4v) is 4.50. The second-order valence-corrected chi connectivity index (χ2v) is 9.16. The summed E-state index contributed by atoms with van der Waals surface area (Å²) in [5.74, 6) is -0.559. The number of hydrogen-bond acceptors (Lipinski definition) is 6. The number of carbonyl (C=O) groups is 1. The van der Waals surface area contributed by atoms with E-state index in [1.165, 1.54) is 18.5 Å². The van der Waals surface area contributed by atoms with Crippen molar-refractivity contribution in [3.8, 4) is 11.1 Å². The van der Waals surface area contributed by atoms with Gasteiger partial charge in [-0.25, -0.2) is 22.7 Å². The number of hydrogen-bond donors (Lipinski definition) is 1. The lowest BCUT2D eigenvalue weighted by molar-refractivity contribution is -0.197. The van der Waals surface area contributed by atoms with E-state index in [-0.39, 0.29) is 10.5 Å². The van der Waals surface area contributed by atoms with Gasteiger partial charge in [0, 0.05) is 49.0 Å². The normalized spacial score (nSPS) is 16.4. The van der Waals surface area contributed by atoms with Crippen molar-refractivity contribution in [2.24, 2.45) is 0 Å². The smallest absolute Gasteiger partial charge is 0.274 e. The van der Waals surface area contributed by atoms with Crippen molar-refractivity contribution in [2.45, 2.75) is 30.4 Å². The molecule has 3 heterocycles. The highest BCUT2D eigenvalue weighted by molar-refractivity contribution is 7.90. The molecule has 0 spiro atoms. The summed E-state index contributed by atoms with van der Waals surface area (Å²) in [5, 5.41) is 0. The average Bonchev–Trinajstić information content (AvgIpc) is 3.35. The van der Waals surface area contributed by atoms with Gasteiger partial charge in [-0.2, -0.15) is 0 Å². The first kappa shape index (κ1) is 21.9. The van der Waals surface area contributed by atoms with Crippen LogP contribution in [0.2, 0.25) is 0 Å². The van der Waals surface area contributed by atoms with Gasteiger partial charge in [0.15, 0.2) is 6.29 Å². The number of benzene rings is 1. The molecule has 0 saturated carbocycles. The van der Waals surface area contributed by atoms with Crippen LogP contribution in [0.3, 0.4) is 0 Å². The summed E-state index contributed by atoms with van der Waals surface area (Å²) >= 11 is 0. The Morgan fingerprint density at radius 3 is 2.50 bits per heavy atom. The molecule has 0 radical (unpaired) electrons. The molecule has 9 heteroatoms. The Balaban J connectivity index is 1.44. The zero-order valence-corrected chi connectivity index (χ0v) is 18.1. The first-order valence-electron chi connectivity index (χ1n) is 10.2. The van der Waals surface area contributed by atoms with Crippen molar-refractivity contribution in [3.05, 3.63) is 79.4 Å². The highest BCUT2D eigenvalue weighted by atomic mass is 32.2. The average molecular weight is 454 g/mol.